The Morgan fingerprint density at radius 1 is 0.581 bits per heavy atom. The number of rotatable bonds is 6. The second-order valence-electron chi connectivity index (χ2n) is 12.1. The van der Waals surface area contributed by atoms with Gasteiger partial charge in [0, 0.05) is 24.5 Å². The van der Waals surface area contributed by atoms with Crippen molar-refractivity contribution in [2.75, 3.05) is 0 Å². The van der Waals surface area contributed by atoms with Gasteiger partial charge in [0.05, 0.1) is 0 Å². The maximum atomic E-state index is 16.4. The summed E-state index contributed by atoms with van der Waals surface area (Å²) in [5.74, 6) is 2.99. The van der Waals surface area contributed by atoms with Crippen LogP contribution in [-0.4, -0.2) is 28.1 Å². The summed E-state index contributed by atoms with van der Waals surface area (Å²) >= 11 is 0. The summed E-state index contributed by atoms with van der Waals surface area (Å²) in [6.07, 6.45) is 7.21. The average Bonchev–Trinajstić information content (AvgIpc) is 3.00. The van der Waals surface area contributed by atoms with Gasteiger partial charge >= 0.3 is 6.17 Å². The Hall–Kier alpha value is -0.800. The highest BCUT2D eigenvalue weighted by Gasteiger charge is 2.57. The van der Waals surface area contributed by atoms with E-state index in [1.54, 1.807) is 12.4 Å². The van der Waals surface area contributed by atoms with Crippen LogP contribution in [-0.2, 0) is 0 Å². The summed E-state index contributed by atoms with van der Waals surface area (Å²) in [5.41, 5.74) is 0. The Morgan fingerprint density at radius 2 is 0.839 bits per heavy atom. The van der Waals surface area contributed by atoms with E-state index in [0.29, 0.717) is 47.3 Å². The second-order valence-corrected chi connectivity index (χ2v) is 12.1. The molecule has 2 saturated carbocycles. The van der Waals surface area contributed by atoms with E-state index in [1.807, 2.05) is 0 Å². The number of nitrogens with zero attached hydrogens (tertiary/aromatic N) is 2. The summed E-state index contributed by atoms with van der Waals surface area (Å²) in [4.78, 5) is 3.01. The molecule has 2 aliphatic carbocycles. The fraction of sp³-hybridized carbons (Fsp3) is 0.926. The number of hydrogen-bond acceptors (Lipinski definition) is 2. The fourth-order valence-corrected chi connectivity index (χ4v) is 7.25. The van der Waals surface area contributed by atoms with Gasteiger partial charge in [-0.1, -0.05) is 68.2 Å². The van der Waals surface area contributed by atoms with E-state index < -0.39 is 6.17 Å². The quantitative estimate of drug-likeness (QED) is 0.390. The van der Waals surface area contributed by atoms with Gasteiger partial charge in [0.1, 0.15) is 0 Å². The first-order valence-electron chi connectivity index (χ1n) is 13.1. The van der Waals surface area contributed by atoms with Crippen molar-refractivity contribution in [2.45, 2.75) is 112 Å². The van der Waals surface area contributed by atoms with E-state index in [-0.39, 0.29) is 12.1 Å². The molecule has 31 heavy (non-hydrogen) atoms. The number of alkyl halides is 2. The van der Waals surface area contributed by atoms with E-state index in [9.17, 15) is 0 Å². The molecule has 0 radical (unpaired) electrons. The third kappa shape index (κ3) is 4.64. The van der Waals surface area contributed by atoms with Crippen LogP contribution in [0.4, 0.5) is 8.78 Å². The van der Waals surface area contributed by atoms with E-state index in [2.05, 4.69) is 55.4 Å². The van der Waals surface area contributed by atoms with Crippen molar-refractivity contribution in [3.63, 3.8) is 0 Å². The van der Waals surface area contributed by atoms with Crippen LogP contribution in [0.15, 0.2) is 12.4 Å². The molecule has 1 aliphatic heterocycles. The average molecular weight is 439 g/mol. The highest BCUT2D eigenvalue weighted by atomic mass is 19.3. The van der Waals surface area contributed by atoms with Crippen molar-refractivity contribution >= 4 is 0 Å². The molecular formula is C27H48F2N2. The van der Waals surface area contributed by atoms with Crippen molar-refractivity contribution in [1.29, 1.82) is 0 Å². The molecule has 3 rings (SSSR count). The molecule has 6 atom stereocenters. The molecule has 0 bridgehead atoms. The molecule has 0 amide bonds. The van der Waals surface area contributed by atoms with Gasteiger partial charge in [-0.3, -0.25) is 9.80 Å². The molecule has 4 unspecified atom stereocenters. The van der Waals surface area contributed by atoms with Crippen molar-refractivity contribution < 1.29 is 8.78 Å². The minimum atomic E-state index is -2.94. The predicted molar refractivity (Wildman–Crippen MR) is 126 cm³/mol. The van der Waals surface area contributed by atoms with E-state index >= 15 is 8.78 Å². The van der Waals surface area contributed by atoms with Gasteiger partial charge in [-0.15, -0.1) is 0 Å². The first kappa shape index (κ1) is 24.8. The van der Waals surface area contributed by atoms with Crippen LogP contribution in [0.2, 0.25) is 0 Å². The van der Waals surface area contributed by atoms with Crippen LogP contribution in [0.5, 0.6) is 0 Å². The Kier molecular flexibility index (Phi) is 7.69. The standard InChI is InChI=1S/C27H48F2N2/c1-17(2)21-11-9-12-22(18(3)4)25(21)30-15-16-31(27(30,28)29)26-23(19(5)6)13-10-14-24(26)20(7)8/h15-26H,9-14H2,1-8H3/t21-,22?,23-,24?,25?,26?/m0/s1. The third-order valence-corrected chi connectivity index (χ3v) is 8.98. The van der Waals surface area contributed by atoms with Gasteiger partial charge in [0.2, 0.25) is 0 Å². The molecule has 1 heterocycles. The molecule has 0 N–H and O–H groups in total. The summed E-state index contributed by atoms with van der Waals surface area (Å²) in [6.45, 7) is 17.8. The summed E-state index contributed by atoms with van der Waals surface area (Å²) < 4.78 is 32.8. The Bertz CT molecular complexity index is 530. The molecule has 0 aromatic rings. The van der Waals surface area contributed by atoms with Crippen molar-refractivity contribution in [1.82, 2.24) is 9.80 Å². The third-order valence-electron chi connectivity index (χ3n) is 8.98. The van der Waals surface area contributed by atoms with Crippen molar-refractivity contribution in [2.24, 2.45) is 47.3 Å². The second kappa shape index (κ2) is 9.59. The van der Waals surface area contributed by atoms with E-state index in [1.165, 1.54) is 22.6 Å². The smallest absolute Gasteiger partial charge is 0.296 e. The zero-order valence-electron chi connectivity index (χ0n) is 21.3. The molecule has 4 heteroatoms. The first-order valence-corrected chi connectivity index (χ1v) is 13.1. The molecule has 0 saturated heterocycles. The molecule has 180 valence electrons. The van der Waals surface area contributed by atoms with Gasteiger partial charge < -0.3 is 0 Å². The van der Waals surface area contributed by atoms with Crippen molar-refractivity contribution in [3.05, 3.63) is 12.4 Å². The van der Waals surface area contributed by atoms with Crippen LogP contribution < -0.4 is 0 Å². The zero-order chi connectivity index (χ0) is 23.1. The monoisotopic (exact) mass is 438 g/mol. The summed E-state index contributed by atoms with van der Waals surface area (Å²) in [6, 6.07) is -0.160. The molecule has 0 aromatic heterocycles. The van der Waals surface area contributed by atoms with Gasteiger partial charge in [0.15, 0.2) is 0 Å². The molecule has 3 aliphatic rings. The highest BCUT2D eigenvalue weighted by molar-refractivity contribution is 5.09. The normalized spacial score (nSPS) is 36.5. The van der Waals surface area contributed by atoms with Crippen molar-refractivity contribution in [3.8, 4) is 0 Å². The lowest BCUT2D eigenvalue weighted by molar-refractivity contribution is -0.254. The minimum absolute atomic E-state index is 0.0800. The van der Waals surface area contributed by atoms with Crippen LogP contribution in [0, 0.1) is 47.3 Å². The SMILES string of the molecule is CC(C)C1CCC[C@@H](C(C)C)C1N1C=CN(C2C(C(C)C)CCC[C@H]2C(C)C)C1(F)F. The summed E-state index contributed by atoms with van der Waals surface area (Å²) in [7, 11) is 0. The zero-order valence-corrected chi connectivity index (χ0v) is 21.3. The van der Waals surface area contributed by atoms with Crippen LogP contribution >= 0.6 is 0 Å². The topological polar surface area (TPSA) is 6.48 Å². The largest absolute Gasteiger partial charge is 0.414 e. The lowest BCUT2D eigenvalue weighted by atomic mass is 9.67. The van der Waals surface area contributed by atoms with Gasteiger partial charge in [0.25, 0.3) is 0 Å². The Morgan fingerprint density at radius 3 is 1.06 bits per heavy atom. The minimum Gasteiger partial charge on any atom is -0.296 e. The first-order chi connectivity index (χ1) is 14.5. The number of halogens is 2. The van der Waals surface area contributed by atoms with Gasteiger partial charge in [-0.25, -0.2) is 0 Å². The lowest BCUT2D eigenvalue weighted by Gasteiger charge is -2.52. The number of hydrogen-bond donors (Lipinski definition) is 0. The Balaban J connectivity index is 1.96. The van der Waals surface area contributed by atoms with E-state index in [4.69, 9.17) is 0 Å². The molecule has 0 aromatic carbocycles. The maximum absolute atomic E-state index is 16.4. The predicted octanol–water partition coefficient (Wildman–Crippen LogP) is 7.82. The molecule has 2 fully saturated rings. The molecule has 0 spiro atoms. The van der Waals surface area contributed by atoms with Crippen LogP contribution in [0.3, 0.4) is 0 Å². The lowest BCUT2D eigenvalue weighted by Crippen LogP contribution is -2.61. The van der Waals surface area contributed by atoms with Gasteiger partial charge in [-0.2, -0.15) is 8.78 Å². The Labute approximate surface area is 190 Å². The van der Waals surface area contributed by atoms with Crippen LogP contribution in [0.25, 0.3) is 0 Å². The maximum Gasteiger partial charge on any atom is 0.414 e. The molecule has 2 nitrogen and oxygen atoms in total. The van der Waals surface area contributed by atoms with E-state index in [0.717, 1.165) is 25.7 Å². The highest BCUT2D eigenvalue weighted by Crippen LogP contribution is 2.50. The summed E-state index contributed by atoms with van der Waals surface area (Å²) in [5, 5.41) is 0. The van der Waals surface area contributed by atoms with Gasteiger partial charge in [-0.05, 0) is 73.0 Å². The molecular weight excluding hydrogens is 390 g/mol. The van der Waals surface area contributed by atoms with Crippen LogP contribution in [0.1, 0.15) is 93.9 Å². The fourth-order valence-electron chi connectivity index (χ4n) is 7.25.